The molecule has 0 unspecified atom stereocenters. The summed E-state index contributed by atoms with van der Waals surface area (Å²) in [6.07, 6.45) is 6.54. The number of aliphatic carboxylic acids is 1. The number of hydrogen-bond donors (Lipinski definition) is 3. The van der Waals surface area contributed by atoms with Gasteiger partial charge in [0.05, 0.1) is 23.2 Å². The van der Waals surface area contributed by atoms with Crippen molar-refractivity contribution in [2.75, 3.05) is 6.61 Å². The summed E-state index contributed by atoms with van der Waals surface area (Å²) in [4.78, 5) is 12.1. The molecule has 5 aliphatic rings. The number of carboxylic acid groups (broad SMARTS) is 1. The standard InChI is InChI=1S/C20H30O5/c1-15(14(21)22)5-3-6-16(2)13(15)4-7-17-10-18(23,8-9-20(16,17)24)19(11-17)12-25-19/h13,23-24H,3-12H2,1-2H3,(H,21,22)/t13-,15-,16-,17+,18+,19+,20-/m1/s1. The molecule has 1 aliphatic heterocycles. The number of fused-ring (bicyclic) bond motifs is 4. The molecule has 25 heavy (non-hydrogen) atoms. The van der Waals surface area contributed by atoms with Gasteiger partial charge in [-0.25, -0.2) is 0 Å². The first-order valence-electron chi connectivity index (χ1n) is 9.89. The lowest BCUT2D eigenvalue weighted by atomic mass is 9.38. The lowest BCUT2D eigenvalue weighted by Gasteiger charge is -2.67. The predicted molar refractivity (Wildman–Crippen MR) is 89.9 cm³/mol. The van der Waals surface area contributed by atoms with Gasteiger partial charge in [-0.15, -0.1) is 0 Å². The van der Waals surface area contributed by atoms with Gasteiger partial charge >= 0.3 is 5.97 Å². The second-order valence-corrected chi connectivity index (χ2v) is 10.4. The van der Waals surface area contributed by atoms with Gasteiger partial charge in [-0.05, 0) is 64.2 Å². The lowest BCUT2D eigenvalue weighted by molar-refractivity contribution is -0.270. The van der Waals surface area contributed by atoms with Gasteiger partial charge in [-0.1, -0.05) is 13.3 Å². The van der Waals surface area contributed by atoms with E-state index in [9.17, 15) is 20.1 Å². The molecule has 140 valence electrons. The Morgan fingerprint density at radius 1 is 1.04 bits per heavy atom. The van der Waals surface area contributed by atoms with Crippen LogP contribution in [0.2, 0.25) is 0 Å². The maximum Gasteiger partial charge on any atom is 0.309 e. The maximum absolute atomic E-state index is 12.2. The molecule has 5 fully saturated rings. The third-order valence-corrected chi connectivity index (χ3v) is 9.65. The van der Waals surface area contributed by atoms with E-state index < -0.39 is 33.6 Å². The predicted octanol–water partition coefficient (Wildman–Crippen LogP) is 2.48. The zero-order valence-electron chi connectivity index (χ0n) is 15.3. The third-order valence-electron chi connectivity index (χ3n) is 9.65. The van der Waals surface area contributed by atoms with Gasteiger partial charge in [-0.3, -0.25) is 4.79 Å². The molecule has 5 heteroatoms. The van der Waals surface area contributed by atoms with E-state index in [0.29, 0.717) is 32.3 Å². The van der Waals surface area contributed by atoms with E-state index in [0.717, 1.165) is 32.1 Å². The summed E-state index contributed by atoms with van der Waals surface area (Å²) in [7, 11) is 0. The molecule has 4 aliphatic carbocycles. The maximum atomic E-state index is 12.2. The van der Waals surface area contributed by atoms with Crippen molar-refractivity contribution < 1.29 is 24.9 Å². The molecule has 0 aromatic heterocycles. The average Bonchev–Trinajstić information content (AvgIpc) is 3.26. The van der Waals surface area contributed by atoms with Crippen LogP contribution in [0.4, 0.5) is 0 Å². The molecule has 2 spiro atoms. The highest BCUT2D eigenvalue weighted by Crippen LogP contribution is 2.77. The highest BCUT2D eigenvalue weighted by molar-refractivity contribution is 5.75. The highest BCUT2D eigenvalue weighted by Gasteiger charge is 2.81. The smallest absolute Gasteiger partial charge is 0.309 e. The number of carbonyl (C=O) groups is 1. The van der Waals surface area contributed by atoms with Crippen LogP contribution in [0.15, 0.2) is 0 Å². The van der Waals surface area contributed by atoms with Crippen molar-refractivity contribution in [3.63, 3.8) is 0 Å². The fourth-order valence-electron chi connectivity index (χ4n) is 8.17. The Hall–Kier alpha value is -0.650. The molecule has 5 rings (SSSR count). The van der Waals surface area contributed by atoms with Crippen molar-refractivity contribution in [1.82, 2.24) is 0 Å². The molecule has 1 saturated heterocycles. The number of carboxylic acids is 1. The van der Waals surface area contributed by atoms with Crippen LogP contribution < -0.4 is 0 Å². The number of ether oxygens (including phenoxy) is 1. The second kappa shape index (κ2) is 4.26. The Morgan fingerprint density at radius 2 is 1.76 bits per heavy atom. The number of aliphatic hydroxyl groups is 2. The van der Waals surface area contributed by atoms with Crippen LogP contribution in [0, 0.1) is 22.2 Å². The summed E-state index contributed by atoms with van der Waals surface area (Å²) < 4.78 is 5.76. The van der Waals surface area contributed by atoms with E-state index in [1.807, 2.05) is 6.92 Å². The molecule has 0 radical (unpaired) electrons. The highest BCUT2D eigenvalue weighted by atomic mass is 16.6. The van der Waals surface area contributed by atoms with Gasteiger partial charge in [-0.2, -0.15) is 0 Å². The Morgan fingerprint density at radius 3 is 2.40 bits per heavy atom. The zero-order chi connectivity index (χ0) is 17.9. The van der Waals surface area contributed by atoms with Crippen LogP contribution in [-0.2, 0) is 9.53 Å². The summed E-state index contributed by atoms with van der Waals surface area (Å²) in [6.45, 7) is 4.63. The first kappa shape index (κ1) is 16.5. The number of epoxide rings is 1. The molecule has 4 saturated carbocycles. The minimum atomic E-state index is -0.901. The van der Waals surface area contributed by atoms with E-state index >= 15 is 0 Å². The summed E-state index contributed by atoms with van der Waals surface area (Å²) >= 11 is 0. The topological polar surface area (TPSA) is 90.3 Å². The number of hydrogen-bond acceptors (Lipinski definition) is 4. The van der Waals surface area contributed by atoms with Crippen molar-refractivity contribution in [3.05, 3.63) is 0 Å². The first-order chi connectivity index (χ1) is 11.6. The van der Waals surface area contributed by atoms with Crippen molar-refractivity contribution in [2.24, 2.45) is 22.2 Å². The van der Waals surface area contributed by atoms with Gasteiger partial charge in [0.25, 0.3) is 0 Å². The summed E-state index contributed by atoms with van der Waals surface area (Å²) in [6, 6.07) is 0. The van der Waals surface area contributed by atoms with E-state index in [1.165, 1.54) is 0 Å². The second-order valence-electron chi connectivity index (χ2n) is 10.4. The average molecular weight is 350 g/mol. The molecule has 1 heterocycles. The molecule has 0 aromatic carbocycles. The minimum absolute atomic E-state index is 0.00950. The van der Waals surface area contributed by atoms with Crippen LogP contribution >= 0.6 is 0 Å². The SMILES string of the molecule is C[C@@]1(C(=O)O)CCC[C@]2(C)[C@@H]1CC[C@@]13C[C@@](O)(CC[C@]12O)[C@@]1(CO1)C3. The van der Waals surface area contributed by atoms with E-state index in [4.69, 9.17) is 4.74 Å². The van der Waals surface area contributed by atoms with Crippen LogP contribution in [0.3, 0.4) is 0 Å². The first-order valence-corrected chi connectivity index (χ1v) is 9.89. The molecule has 0 amide bonds. The monoisotopic (exact) mass is 350 g/mol. The molecule has 2 bridgehead atoms. The van der Waals surface area contributed by atoms with Crippen LogP contribution in [0.1, 0.15) is 71.6 Å². The molecule has 3 N–H and O–H groups in total. The van der Waals surface area contributed by atoms with Crippen LogP contribution in [-0.4, -0.2) is 44.7 Å². The third kappa shape index (κ3) is 1.57. The Kier molecular flexibility index (Phi) is 2.81. The normalized spacial score (nSPS) is 62.3. The van der Waals surface area contributed by atoms with Gasteiger partial charge in [0, 0.05) is 10.8 Å². The van der Waals surface area contributed by atoms with Crippen molar-refractivity contribution in [2.45, 2.75) is 88.4 Å². The lowest BCUT2D eigenvalue weighted by Crippen LogP contribution is -2.69. The van der Waals surface area contributed by atoms with Crippen LogP contribution in [0.25, 0.3) is 0 Å². The van der Waals surface area contributed by atoms with Crippen molar-refractivity contribution in [3.8, 4) is 0 Å². The van der Waals surface area contributed by atoms with Gasteiger partial charge in [0.15, 0.2) is 0 Å². The zero-order valence-corrected chi connectivity index (χ0v) is 15.3. The molecule has 7 atom stereocenters. The van der Waals surface area contributed by atoms with Crippen molar-refractivity contribution >= 4 is 5.97 Å². The van der Waals surface area contributed by atoms with Gasteiger partial charge in [0.2, 0.25) is 0 Å². The minimum Gasteiger partial charge on any atom is -0.481 e. The van der Waals surface area contributed by atoms with E-state index in [2.05, 4.69) is 6.92 Å². The Balaban J connectivity index is 1.62. The summed E-state index contributed by atoms with van der Waals surface area (Å²) in [5, 5.41) is 33.3. The summed E-state index contributed by atoms with van der Waals surface area (Å²) in [5.74, 6) is -0.728. The van der Waals surface area contributed by atoms with Crippen LogP contribution in [0.5, 0.6) is 0 Å². The van der Waals surface area contributed by atoms with E-state index in [1.54, 1.807) is 0 Å². The molecule has 5 nitrogen and oxygen atoms in total. The number of rotatable bonds is 1. The summed E-state index contributed by atoms with van der Waals surface area (Å²) in [5.41, 5.74) is -3.62. The quantitative estimate of drug-likeness (QED) is 0.632. The fourth-order valence-corrected chi connectivity index (χ4v) is 8.17. The van der Waals surface area contributed by atoms with Gasteiger partial charge in [0.1, 0.15) is 5.60 Å². The Labute approximate surface area is 148 Å². The van der Waals surface area contributed by atoms with Gasteiger partial charge < -0.3 is 20.1 Å². The molecule has 0 aromatic rings. The van der Waals surface area contributed by atoms with Crippen molar-refractivity contribution in [1.29, 1.82) is 0 Å². The molecular weight excluding hydrogens is 320 g/mol. The van der Waals surface area contributed by atoms with E-state index in [-0.39, 0.29) is 11.3 Å². The molecular formula is C20H30O5. The largest absolute Gasteiger partial charge is 0.481 e. The fraction of sp³-hybridized carbons (Fsp3) is 0.950. The Bertz CT molecular complexity index is 654.